The van der Waals surface area contributed by atoms with Crippen molar-refractivity contribution >= 4 is 55.0 Å². The average Bonchev–Trinajstić information content (AvgIpc) is 2.72. The Morgan fingerprint density at radius 1 is 1.03 bits per heavy atom. The summed E-state index contributed by atoms with van der Waals surface area (Å²) < 4.78 is 34.0. The van der Waals surface area contributed by atoms with Crippen molar-refractivity contribution in [3.8, 4) is 5.88 Å². The van der Waals surface area contributed by atoms with Crippen LogP contribution in [0.1, 0.15) is 18.4 Å². The van der Waals surface area contributed by atoms with Crippen LogP contribution in [0.3, 0.4) is 0 Å². The molecule has 0 saturated carbocycles. The lowest BCUT2D eigenvalue weighted by atomic mass is 10.1. The predicted octanol–water partition coefficient (Wildman–Crippen LogP) is 5.75. The molecule has 158 valence electrons. The van der Waals surface area contributed by atoms with Crippen LogP contribution in [-0.4, -0.2) is 25.0 Å². The molecule has 0 bridgehead atoms. The lowest BCUT2D eigenvalue weighted by Gasteiger charge is -2.13. The van der Waals surface area contributed by atoms with E-state index in [0.29, 0.717) is 11.2 Å². The van der Waals surface area contributed by atoms with Crippen molar-refractivity contribution in [2.24, 2.45) is 0 Å². The van der Waals surface area contributed by atoms with E-state index in [-0.39, 0.29) is 26.6 Å². The van der Waals surface area contributed by atoms with Crippen molar-refractivity contribution in [1.29, 1.82) is 0 Å². The molecule has 2 aromatic carbocycles. The van der Waals surface area contributed by atoms with E-state index < -0.39 is 10.0 Å². The zero-order chi connectivity index (χ0) is 21.6. The van der Waals surface area contributed by atoms with Crippen LogP contribution in [0.2, 0.25) is 10.0 Å². The summed E-state index contributed by atoms with van der Waals surface area (Å²) in [7, 11) is -4.04. The van der Waals surface area contributed by atoms with Gasteiger partial charge in [-0.3, -0.25) is 4.72 Å². The van der Waals surface area contributed by atoms with Gasteiger partial charge in [0.2, 0.25) is 5.82 Å². The van der Waals surface area contributed by atoms with Crippen LogP contribution >= 0.6 is 39.1 Å². The summed E-state index contributed by atoms with van der Waals surface area (Å²) in [5, 5.41) is 0.0661. The molecule has 0 amide bonds. The molecule has 3 aromatic rings. The Morgan fingerprint density at radius 2 is 1.80 bits per heavy atom. The second kappa shape index (κ2) is 10.4. The third kappa shape index (κ3) is 6.07. The van der Waals surface area contributed by atoms with Crippen LogP contribution in [0.5, 0.6) is 5.88 Å². The number of aryl methyl sites for hydroxylation is 1. The number of nitrogens with zero attached hydrogens (tertiary/aromatic N) is 2. The summed E-state index contributed by atoms with van der Waals surface area (Å²) in [6.07, 6.45) is 4.00. The van der Waals surface area contributed by atoms with Gasteiger partial charge in [-0.2, -0.15) is 0 Å². The number of ether oxygens (including phenoxy) is 1. The molecule has 0 aliphatic carbocycles. The summed E-state index contributed by atoms with van der Waals surface area (Å²) in [5.41, 5.74) is 1.26. The molecular formula is C20H18BrCl2N3O3S. The molecular weight excluding hydrogens is 513 g/mol. The number of aromatic nitrogens is 2. The fourth-order valence-electron chi connectivity index (χ4n) is 2.64. The van der Waals surface area contributed by atoms with Gasteiger partial charge in [-0.25, -0.2) is 18.4 Å². The number of rotatable bonds is 9. The van der Waals surface area contributed by atoms with Crippen molar-refractivity contribution in [2.45, 2.75) is 24.2 Å². The molecule has 0 radical (unpaired) electrons. The minimum atomic E-state index is -4.04. The molecule has 0 unspecified atom stereocenters. The van der Waals surface area contributed by atoms with E-state index in [1.54, 1.807) is 0 Å². The zero-order valence-electron chi connectivity index (χ0n) is 15.7. The molecule has 0 saturated heterocycles. The summed E-state index contributed by atoms with van der Waals surface area (Å²) in [4.78, 5) is 8.12. The maximum Gasteiger partial charge on any atom is 0.264 e. The van der Waals surface area contributed by atoms with Gasteiger partial charge in [0.15, 0.2) is 0 Å². The molecule has 30 heavy (non-hydrogen) atoms. The second-order valence-corrected chi connectivity index (χ2v) is 9.54. The van der Waals surface area contributed by atoms with Crippen LogP contribution in [0.15, 0.2) is 64.2 Å². The van der Waals surface area contributed by atoms with Gasteiger partial charge in [-0.1, -0.05) is 59.6 Å². The van der Waals surface area contributed by atoms with Gasteiger partial charge in [0, 0.05) is 0 Å². The molecule has 3 rings (SSSR count). The maximum atomic E-state index is 12.8. The van der Waals surface area contributed by atoms with Gasteiger partial charge < -0.3 is 4.74 Å². The average molecular weight is 531 g/mol. The molecule has 0 aliphatic rings. The second-order valence-electron chi connectivity index (χ2n) is 6.30. The van der Waals surface area contributed by atoms with Crippen molar-refractivity contribution in [3.05, 3.63) is 74.9 Å². The highest BCUT2D eigenvalue weighted by Gasteiger charge is 2.22. The van der Waals surface area contributed by atoms with E-state index in [4.69, 9.17) is 27.9 Å². The highest BCUT2D eigenvalue weighted by Crippen LogP contribution is 2.31. The molecule has 0 fully saturated rings. The Balaban J connectivity index is 1.67. The molecule has 1 heterocycles. The van der Waals surface area contributed by atoms with Gasteiger partial charge >= 0.3 is 0 Å². The minimum absolute atomic E-state index is 0.0303. The van der Waals surface area contributed by atoms with Crippen LogP contribution in [0.4, 0.5) is 5.82 Å². The lowest BCUT2D eigenvalue weighted by Crippen LogP contribution is -2.16. The Morgan fingerprint density at radius 3 is 2.57 bits per heavy atom. The van der Waals surface area contributed by atoms with E-state index in [2.05, 4.69) is 42.8 Å². The van der Waals surface area contributed by atoms with Crippen LogP contribution in [0.25, 0.3) is 0 Å². The topological polar surface area (TPSA) is 81.2 Å². The zero-order valence-corrected chi connectivity index (χ0v) is 19.6. The quantitative estimate of drug-likeness (QED) is 0.356. The van der Waals surface area contributed by atoms with Gasteiger partial charge in [0.25, 0.3) is 15.9 Å². The van der Waals surface area contributed by atoms with E-state index in [1.807, 2.05) is 18.2 Å². The number of hydrogen-bond acceptors (Lipinski definition) is 5. The molecule has 1 N–H and O–H groups in total. The Bertz CT molecular complexity index is 1120. The number of hydrogen-bond donors (Lipinski definition) is 1. The molecule has 10 heteroatoms. The third-order valence-corrected chi connectivity index (χ3v) is 6.78. The van der Waals surface area contributed by atoms with Gasteiger partial charge in [-0.15, -0.1) is 0 Å². The number of nitrogens with one attached hydrogen (secondary N) is 1. The molecule has 0 atom stereocenters. The first-order valence-corrected chi connectivity index (χ1v) is 12.1. The summed E-state index contributed by atoms with van der Waals surface area (Å²) in [6.45, 7) is 0.366. The van der Waals surface area contributed by atoms with Gasteiger partial charge in [-0.05, 0) is 52.9 Å². The SMILES string of the molecule is O=S(=O)(Nc1ncc(Br)nc1OCCCCc1ccccc1)c1cccc(Cl)c1Cl. The first kappa shape index (κ1) is 22.8. The van der Waals surface area contributed by atoms with Crippen molar-refractivity contribution in [2.75, 3.05) is 11.3 Å². The van der Waals surface area contributed by atoms with Crippen molar-refractivity contribution < 1.29 is 13.2 Å². The molecule has 0 spiro atoms. The minimum Gasteiger partial charge on any atom is -0.475 e. The standard InChI is InChI=1S/C20H18BrCl2N3O3S/c21-17-13-24-19(26-30(27,28)16-11-6-10-15(22)18(16)23)20(25-17)29-12-5-4-9-14-7-2-1-3-8-14/h1-3,6-8,10-11,13H,4-5,9,12H2,(H,24,26). The summed E-state index contributed by atoms with van der Waals surface area (Å²) >= 11 is 15.2. The van der Waals surface area contributed by atoms with E-state index >= 15 is 0 Å². The predicted molar refractivity (Wildman–Crippen MR) is 122 cm³/mol. The highest BCUT2D eigenvalue weighted by molar-refractivity contribution is 9.10. The van der Waals surface area contributed by atoms with Crippen LogP contribution in [-0.2, 0) is 16.4 Å². The van der Waals surface area contributed by atoms with Crippen LogP contribution < -0.4 is 9.46 Å². The van der Waals surface area contributed by atoms with Crippen molar-refractivity contribution in [3.63, 3.8) is 0 Å². The van der Waals surface area contributed by atoms with E-state index in [9.17, 15) is 8.42 Å². The monoisotopic (exact) mass is 529 g/mol. The van der Waals surface area contributed by atoms with E-state index in [0.717, 1.165) is 19.3 Å². The fourth-order valence-corrected chi connectivity index (χ4v) is 4.67. The highest BCUT2D eigenvalue weighted by atomic mass is 79.9. The lowest BCUT2D eigenvalue weighted by molar-refractivity contribution is 0.295. The smallest absolute Gasteiger partial charge is 0.264 e. The summed E-state index contributed by atoms with van der Waals surface area (Å²) in [6, 6.07) is 14.5. The number of halogens is 3. The number of benzene rings is 2. The molecule has 0 aliphatic heterocycles. The van der Waals surface area contributed by atoms with Crippen molar-refractivity contribution in [1.82, 2.24) is 9.97 Å². The third-order valence-electron chi connectivity index (χ3n) is 4.09. The maximum absolute atomic E-state index is 12.8. The normalized spacial score (nSPS) is 11.3. The molecule has 1 aromatic heterocycles. The van der Waals surface area contributed by atoms with Gasteiger partial charge in [0.05, 0.1) is 22.8 Å². The Kier molecular flexibility index (Phi) is 7.93. The van der Waals surface area contributed by atoms with E-state index in [1.165, 1.54) is 30.0 Å². The molecule has 6 nitrogen and oxygen atoms in total. The summed E-state index contributed by atoms with van der Waals surface area (Å²) in [5.74, 6) is 0.0445. The number of sulfonamides is 1. The number of unbranched alkanes of at least 4 members (excludes halogenated alkanes) is 1. The first-order chi connectivity index (χ1) is 14.4. The van der Waals surface area contributed by atoms with Gasteiger partial charge in [0.1, 0.15) is 9.50 Å². The Labute approximate surface area is 193 Å². The Hall–Kier alpha value is -1.87. The fraction of sp³-hybridized carbons (Fsp3) is 0.200. The van der Waals surface area contributed by atoms with Crippen LogP contribution in [0, 0.1) is 0 Å². The number of anilines is 1. The first-order valence-electron chi connectivity index (χ1n) is 9.03. The largest absolute Gasteiger partial charge is 0.475 e.